The van der Waals surface area contributed by atoms with Crippen molar-refractivity contribution in [3.8, 4) is 5.75 Å². The first kappa shape index (κ1) is 16.7. The van der Waals surface area contributed by atoms with Crippen LogP contribution in [-0.2, 0) is 10.0 Å². The van der Waals surface area contributed by atoms with E-state index in [1.165, 1.54) is 19.2 Å². The van der Waals surface area contributed by atoms with E-state index in [-0.39, 0.29) is 17.3 Å². The molecule has 0 bridgehead atoms. The molecule has 0 saturated heterocycles. The quantitative estimate of drug-likeness (QED) is 0.468. The zero-order valence-electron chi connectivity index (χ0n) is 11.6. The van der Waals surface area contributed by atoms with Crippen molar-refractivity contribution in [3.05, 3.63) is 18.2 Å². The zero-order chi connectivity index (χ0) is 15.0. The fourth-order valence-electron chi connectivity index (χ4n) is 1.78. The Labute approximate surface area is 120 Å². The van der Waals surface area contributed by atoms with E-state index in [2.05, 4.69) is 4.72 Å². The molecule has 20 heavy (non-hydrogen) atoms. The van der Waals surface area contributed by atoms with E-state index >= 15 is 0 Å². The lowest BCUT2D eigenvalue weighted by molar-refractivity contribution is 0.282. The molecule has 0 aliphatic rings. The topological polar surface area (TPSA) is 102 Å². The molecule has 0 aromatic heterocycles. The molecule has 0 heterocycles. The Balaban J connectivity index is 2.62. The third kappa shape index (κ3) is 4.99. The fourth-order valence-corrected chi connectivity index (χ4v) is 3.05. The Morgan fingerprint density at radius 2 is 1.95 bits per heavy atom. The molecule has 1 aromatic carbocycles. The van der Waals surface area contributed by atoms with Crippen LogP contribution in [0, 0.1) is 0 Å². The van der Waals surface area contributed by atoms with Gasteiger partial charge in [-0.3, -0.25) is 0 Å². The number of anilines is 1. The average Bonchev–Trinajstić information content (AvgIpc) is 2.42. The van der Waals surface area contributed by atoms with Gasteiger partial charge in [0.05, 0.1) is 7.11 Å². The maximum atomic E-state index is 12.2. The molecule has 114 valence electrons. The highest BCUT2D eigenvalue weighted by atomic mass is 32.2. The highest BCUT2D eigenvalue weighted by Gasteiger charge is 2.19. The molecule has 1 aromatic rings. The lowest BCUT2D eigenvalue weighted by atomic mass is 10.2. The van der Waals surface area contributed by atoms with E-state index in [4.69, 9.17) is 15.6 Å². The maximum absolute atomic E-state index is 12.2. The van der Waals surface area contributed by atoms with Gasteiger partial charge in [-0.1, -0.05) is 12.8 Å². The molecule has 0 saturated carbocycles. The van der Waals surface area contributed by atoms with Crippen LogP contribution in [-0.4, -0.2) is 33.8 Å². The van der Waals surface area contributed by atoms with E-state index in [1.807, 2.05) is 0 Å². The summed E-state index contributed by atoms with van der Waals surface area (Å²) in [7, 11) is -2.21. The van der Waals surface area contributed by atoms with Crippen LogP contribution in [0.3, 0.4) is 0 Å². The second kappa shape index (κ2) is 8.08. The summed E-state index contributed by atoms with van der Waals surface area (Å²) < 4.78 is 31.9. The van der Waals surface area contributed by atoms with E-state index in [0.29, 0.717) is 12.2 Å². The van der Waals surface area contributed by atoms with Crippen LogP contribution in [0.2, 0.25) is 0 Å². The van der Waals surface area contributed by atoms with Crippen LogP contribution in [0.5, 0.6) is 5.75 Å². The fraction of sp³-hybridized carbons (Fsp3) is 0.538. The first-order valence-corrected chi connectivity index (χ1v) is 8.03. The van der Waals surface area contributed by atoms with E-state index in [9.17, 15) is 8.42 Å². The third-order valence-corrected chi connectivity index (χ3v) is 4.34. The Morgan fingerprint density at radius 3 is 2.60 bits per heavy atom. The van der Waals surface area contributed by atoms with Crippen LogP contribution >= 0.6 is 0 Å². The van der Waals surface area contributed by atoms with Crippen LogP contribution in [0.25, 0.3) is 0 Å². The van der Waals surface area contributed by atoms with Gasteiger partial charge in [0, 0.05) is 18.8 Å². The minimum atomic E-state index is -3.62. The van der Waals surface area contributed by atoms with Gasteiger partial charge in [0.15, 0.2) is 0 Å². The lowest BCUT2D eigenvalue weighted by Gasteiger charge is -2.11. The summed E-state index contributed by atoms with van der Waals surface area (Å²) >= 11 is 0. The SMILES string of the molecule is COc1ccc(N)cc1S(=O)(=O)NCCCCCCO. The van der Waals surface area contributed by atoms with Gasteiger partial charge in [0.2, 0.25) is 10.0 Å². The van der Waals surface area contributed by atoms with E-state index < -0.39 is 10.0 Å². The molecule has 0 fully saturated rings. The highest BCUT2D eigenvalue weighted by Crippen LogP contribution is 2.25. The van der Waals surface area contributed by atoms with Crippen LogP contribution in [0.1, 0.15) is 25.7 Å². The van der Waals surface area contributed by atoms with Gasteiger partial charge >= 0.3 is 0 Å². The number of nitrogens with one attached hydrogen (secondary N) is 1. The molecule has 4 N–H and O–H groups in total. The number of rotatable bonds is 9. The van der Waals surface area contributed by atoms with Crippen molar-refractivity contribution in [1.82, 2.24) is 4.72 Å². The molecule has 0 atom stereocenters. The molecular formula is C13H22N2O4S. The Kier molecular flexibility index (Phi) is 6.77. The lowest BCUT2D eigenvalue weighted by Crippen LogP contribution is -2.25. The van der Waals surface area contributed by atoms with E-state index in [1.54, 1.807) is 6.07 Å². The number of hydrogen-bond acceptors (Lipinski definition) is 5. The van der Waals surface area contributed by atoms with Crippen molar-refractivity contribution in [3.63, 3.8) is 0 Å². The molecule has 0 radical (unpaired) electrons. The zero-order valence-corrected chi connectivity index (χ0v) is 12.4. The molecule has 0 aliphatic carbocycles. The van der Waals surface area contributed by atoms with E-state index in [0.717, 1.165) is 25.7 Å². The summed E-state index contributed by atoms with van der Waals surface area (Å²) in [6.45, 7) is 0.526. The van der Waals surface area contributed by atoms with Gasteiger partial charge in [-0.25, -0.2) is 13.1 Å². The van der Waals surface area contributed by atoms with Gasteiger partial charge in [-0.05, 0) is 31.0 Å². The first-order chi connectivity index (χ1) is 9.51. The Bertz CT molecular complexity index is 517. The molecule has 0 amide bonds. The van der Waals surface area contributed by atoms with Gasteiger partial charge in [-0.15, -0.1) is 0 Å². The van der Waals surface area contributed by atoms with Crippen LogP contribution < -0.4 is 15.2 Å². The van der Waals surface area contributed by atoms with Crippen LogP contribution in [0.15, 0.2) is 23.1 Å². The summed E-state index contributed by atoms with van der Waals surface area (Å²) in [6, 6.07) is 4.50. The largest absolute Gasteiger partial charge is 0.495 e. The first-order valence-electron chi connectivity index (χ1n) is 6.55. The van der Waals surface area contributed by atoms with Crippen molar-refractivity contribution < 1.29 is 18.3 Å². The third-order valence-electron chi connectivity index (χ3n) is 2.85. The maximum Gasteiger partial charge on any atom is 0.244 e. The van der Waals surface area contributed by atoms with Crippen molar-refractivity contribution in [1.29, 1.82) is 0 Å². The minimum Gasteiger partial charge on any atom is -0.495 e. The van der Waals surface area contributed by atoms with Gasteiger partial charge in [0.1, 0.15) is 10.6 Å². The summed E-state index contributed by atoms with van der Waals surface area (Å²) in [5, 5.41) is 8.65. The van der Waals surface area contributed by atoms with Gasteiger partial charge in [0.25, 0.3) is 0 Å². The number of hydrogen-bond donors (Lipinski definition) is 3. The Morgan fingerprint density at radius 1 is 1.25 bits per heavy atom. The summed E-state index contributed by atoms with van der Waals surface area (Å²) in [6.07, 6.45) is 3.23. The van der Waals surface area contributed by atoms with Crippen molar-refractivity contribution >= 4 is 15.7 Å². The van der Waals surface area contributed by atoms with Crippen molar-refractivity contribution in [2.24, 2.45) is 0 Å². The number of aliphatic hydroxyl groups excluding tert-OH is 1. The second-order valence-electron chi connectivity index (χ2n) is 4.45. The molecule has 0 aliphatic heterocycles. The highest BCUT2D eigenvalue weighted by molar-refractivity contribution is 7.89. The monoisotopic (exact) mass is 302 g/mol. The summed E-state index contributed by atoms with van der Waals surface area (Å²) in [5.74, 6) is 0.270. The van der Waals surface area contributed by atoms with Crippen LogP contribution in [0.4, 0.5) is 5.69 Å². The number of ether oxygens (including phenoxy) is 1. The predicted octanol–water partition coefficient (Wildman–Crippen LogP) is 1.11. The van der Waals surface area contributed by atoms with Crippen molar-refractivity contribution in [2.45, 2.75) is 30.6 Å². The molecule has 1 rings (SSSR count). The number of nitrogens with two attached hydrogens (primary N) is 1. The number of unbranched alkanes of at least 4 members (excludes halogenated alkanes) is 3. The smallest absolute Gasteiger partial charge is 0.244 e. The average molecular weight is 302 g/mol. The normalized spacial score (nSPS) is 11.5. The summed E-state index contributed by atoms with van der Waals surface area (Å²) in [4.78, 5) is 0.0513. The molecule has 6 nitrogen and oxygen atoms in total. The summed E-state index contributed by atoms with van der Waals surface area (Å²) in [5.41, 5.74) is 5.99. The second-order valence-corrected chi connectivity index (χ2v) is 6.18. The number of nitrogen functional groups attached to an aromatic ring is 1. The van der Waals surface area contributed by atoms with Crippen molar-refractivity contribution in [2.75, 3.05) is 26.0 Å². The molecule has 7 heteroatoms. The predicted molar refractivity (Wildman–Crippen MR) is 78.1 cm³/mol. The standard InChI is InChI=1S/C13H22N2O4S/c1-19-12-7-6-11(14)10-13(12)20(17,18)15-8-4-2-3-5-9-16/h6-7,10,15-16H,2-5,8-9,14H2,1H3. The number of methoxy groups -OCH3 is 1. The van der Waals surface area contributed by atoms with Gasteiger partial charge < -0.3 is 15.6 Å². The molecule has 0 spiro atoms. The molecular weight excluding hydrogens is 280 g/mol. The number of benzene rings is 1. The Hall–Kier alpha value is -1.31. The number of aliphatic hydroxyl groups is 1. The minimum absolute atomic E-state index is 0.0513. The van der Waals surface area contributed by atoms with Gasteiger partial charge in [-0.2, -0.15) is 0 Å². The number of sulfonamides is 1. The molecule has 0 unspecified atom stereocenters.